The first-order valence-electron chi connectivity index (χ1n) is 6.54. The van der Waals surface area contributed by atoms with Gasteiger partial charge in [-0.05, 0) is 27.9 Å². The maximum Gasteiger partial charge on any atom is 0.0524 e. The van der Waals surface area contributed by atoms with Gasteiger partial charge >= 0.3 is 0 Å². The van der Waals surface area contributed by atoms with Gasteiger partial charge in [0.2, 0.25) is 0 Å². The minimum atomic E-state index is 0.501. The van der Waals surface area contributed by atoms with Crippen LogP contribution < -0.4 is 5.32 Å². The quantitative estimate of drug-likeness (QED) is 0.903. The van der Waals surface area contributed by atoms with Gasteiger partial charge in [-0.2, -0.15) is 0 Å². The zero-order valence-corrected chi connectivity index (χ0v) is 13.1. The summed E-state index contributed by atoms with van der Waals surface area (Å²) in [5.74, 6) is 0. The third-order valence-electron chi connectivity index (χ3n) is 3.41. The Morgan fingerprint density at radius 3 is 2.67 bits per heavy atom. The molecule has 0 saturated heterocycles. The Labute approximate surface area is 118 Å². The lowest BCUT2D eigenvalue weighted by Gasteiger charge is -2.10. The van der Waals surface area contributed by atoms with Crippen molar-refractivity contribution in [2.24, 2.45) is 7.05 Å². The number of benzene rings is 1. The smallest absolute Gasteiger partial charge is 0.0524 e. The maximum absolute atomic E-state index is 3.76. The van der Waals surface area contributed by atoms with Crippen LogP contribution in [0.3, 0.4) is 0 Å². The molecule has 0 fully saturated rings. The number of hydrogen-bond acceptors (Lipinski definition) is 1. The molecular weight excluding hydrogens is 288 g/mol. The number of hydrogen-bond donors (Lipinski definition) is 1. The van der Waals surface area contributed by atoms with E-state index < -0.39 is 0 Å². The van der Waals surface area contributed by atoms with Gasteiger partial charge < -0.3 is 9.88 Å². The number of aryl methyl sites for hydroxylation is 2. The van der Waals surface area contributed by atoms with Crippen molar-refractivity contribution in [2.75, 3.05) is 0 Å². The zero-order chi connectivity index (χ0) is 13.3. The van der Waals surface area contributed by atoms with Crippen LogP contribution in [0.4, 0.5) is 0 Å². The van der Waals surface area contributed by atoms with Crippen LogP contribution in [-0.4, -0.2) is 10.6 Å². The van der Waals surface area contributed by atoms with Crippen LogP contribution >= 0.6 is 15.9 Å². The van der Waals surface area contributed by atoms with Gasteiger partial charge in [0.05, 0.1) is 5.52 Å². The average molecular weight is 309 g/mol. The summed E-state index contributed by atoms with van der Waals surface area (Å²) in [6.45, 7) is 7.45. The molecule has 0 bridgehead atoms. The Morgan fingerprint density at radius 1 is 1.33 bits per heavy atom. The molecule has 3 heteroatoms. The van der Waals surface area contributed by atoms with E-state index >= 15 is 0 Å². The fraction of sp³-hybridized carbons (Fsp3) is 0.467. The highest BCUT2D eigenvalue weighted by Gasteiger charge is 2.14. The predicted molar refractivity (Wildman–Crippen MR) is 82.0 cm³/mol. The summed E-state index contributed by atoms with van der Waals surface area (Å²) in [7, 11) is 2.16. The molecular formula is C15H21BrN2. The molecule has 0 atom stereocenters. The first kappa shape index (κ1) is 13.6. The molecule has 0 spiro atoms. The molecule has 2 aromatic rings. The van der Waals surface area contributed by atoms with E-state index in [9.17, 15) is 0 Å². The lowest BCUT2D eigenvalue weighted by Crippen LogP contribution is -2.23. The van der Waals surface area contributed by atoms with E-state index in [1.54, 1.807) is 0 Å². The molecule has 98 valence electrons. The number of para-hydroxylation sites is 1. The minimum absolute atomic E-state index is 0.501. The van der Waals surface area contributed by atoms with Crippen molar-refractivity contribution in [1.29, 1.82) is 0 Å². The number of aromatic nitrogens is 1. The van der Waals surface area contributed by atoms with Gasteiger partial charge in [0.25, 0.3) is 0 Å². The number of fused-ring (bicyclic) bond motifs is 1. The average Bonchev–Trinajstić information content (AvgIpc) is 2.60. The molecule has 1 aromatic carbocycles. The van der Waals surface area contributed by atoms with Gasteiger partial charge in [0, 0.05) is 35.2 Å². The Morgan fingerprint density at radius 2 is 2.06 bits per heavy atom. The molecule has 2 rings (SSSR count). The highest BCUT2D eigenvalue weighted by molar-refractivity contribution is 9.10. The second-order valence-electron chi connectivity index (χ2n) is 5.02. The van der Waals surface area contributed by atoms with Gasteiger partial charge in [-0.15, -0.1) is 0 Å². The van der Waals surface area contributed by atoms with Crippen LogP contribution in [0.2, 0.25) is 0 Å². The zero-order valence-electron chi connectivity index (χ0n) is 11.5. The first-order chi connectivity index (χ1) is 8.56. The summed E-state index contributed by atoms with van der Waals surface area (Å²) in [4.78, 5) is 0. The molecule has 0 aliphatic rings. The van der Waals surface area contributed by atoms with Crippen LogP contribution in [0.25, 0.3) is 10.9 Å². The van der Waals surface area contributed by atoms with E-state index in [0.717, 1.165) is 13.0 Å². The molecule has 1 heterocycles. The standard InChI is InChI=1S/C15H21BrN2/c1-5-11-7-6-8-12-14(16)13(9-17-10(2)3)18(4)15(11)12/h6-8,10,17H,5,9H2,1-4H3. The van der Waals surface area contributed by atoms with Crippen molar-refractivity contribution in [3.05, 3.63) is 33.9 Å². The fourth-order valence-corrected chi connectivity index (χ4v) is 3.11. The summed E-state index contributed by atoms with van der Waals surface area (Å²) in [5.41, 5.74) is 4.08. The maximum atomic E-state index is 3.76. The molecule has 0 unspecified atom stereocenters. The van der Waals surface area contributed by atoms with E-state index in [0.29, 0.717) is 6.04 Å². The SMILES string of the molecule is CCc1cccc2c(Br)c(CNC(C)C)n(C)c12. The van der Waals surface area contributed by atoms with E-state index in [2.05, 4.69) is 71.8 Å². The Balaban J connectivity index is 2.55. The topological polar surface area (TPSA) is 17.0 Å². The predicted octanol–water partition coefficient (Wildman–Crippen LogP) is 4.00. The molecule has 0 aliphatic carbocycles. The van der Waals surface area contributed by atoms with Crippen molar-refractivity contribution in [1.82, 2.24) is 9.88 Å². The molecule has 0 radical (unpaired) electrons. The van der Waals surface area contributed by atoms with E-state index in [1.807, 2.05) is 0 Å². The highest BCUT2D eigenvalue weighted by atomic mass is 79.9. The summed E-state index contributed by atoms with van der Waals surface area (Å²) < 4.78 is 3.54. The van der Waals surface area contributed by atoms with E-state index in [4.69, 9.17) is 0 Å². The van der Waals surface area contributed by atoms with Crippen LogP contribution in [0, 0.1) is 0 Å². The number of nitrogens with zero attached hydrogens (tertiary/aromatic N) is 1. The molecule has 0 aliphatic heterocycles. The van der Waals surface area contributed by atoms with Crippen molar-refractivity contribution in [3.8, 4) is 0 Å². The summed E-state index contributed by atoms with van der Waals surface area (Å²) in [6, 6.07) is 7.05. The monoisotopic (exact) mass is 308 g/mol. The summed E-state index contributed by atoms with van der Waals surface area (Å²) in [6.07, 6.45) is 1.07. The molecule has 0 saturated carbocycles. The van der Waals surface area contributed by atoms with Crippen LogP contribution in [-0.2, 0) is 20.0 Å². The summed E-state index contributed by atoms with van der Waals surface area (Å²) in [5, 5.41) is 4.81. The third-order valence-corrected chi connectivity index (χ3v) is 4.29. The van der Waals surface area contributed by atoms with Gasteiger partial charge in [-0.3, -0.25) is 0 Å². The van der Waals surface area contributed by atoms with Crippen molar-refractivity contribution < 1.29 is 0 Å². The van der Waals surface area contributed by atoms with E-state index in [1.165, 1.54) is 26.6 Å². The van der Waals surface area contributed by atoms with Crippen LogP contribution in [0.1, 0.15) is 32.0 Å². The van der Waals surface area contributed by atoms with E-state index in [-0.39, 0.29) is 0 Å². The first-order valence-corrected chi connectivity index (χ1v) is 7.33. The van der Waals surface area contributed by atoms with Gasteiger partial charge in [0.1, 0.15) is 0 Å². The van der Waals surface area contributed by atoms with Crippen LogP contribution in [0.5, 0.6) is 0 Å². The minimum Gasteiger partial charge on any atom is -0.345 e. The molecule has 2 nitrogen and oxygen atoms in total. The molecule has 1 N–H and O–H groups in total. The Bertz CT molecular complexity index is 555. The normalized spacial score (nSPS) is 11.7. The second kappa shape index (κ2) is 5.45. The number of halogens is 1. The van der Waals surface area contributed by atoms with Gasteiger partial charge in [-0.1, -0.05) is 39.0 Å². The highest BCUT2D eigenvalue weighted by Crippen LogP contribution is 2.32. The lowest BCUT2D eigenvalue weighted by molar-refractivity contribution is 0.571. The van der Waals surface area contributed by atoms with Gasteiger partial charge in [-0.25, -0.2) is 0 Å². The lowest BCUT2D eigenvalue weighted by atomic mass is 10.1. The third kappa shape index (κ3) is 2.34. The number of rotatable bonds is 4. The molecule has 1 aromatic heterocycles. The summed E-state index contributed by atoms with van der Waals surface area (Å²) >= 11 is 3.76. The van der Waals surface area contributed by atoms with Gasteiger partial charge in [0.15, 0.2) is 0 Å². The van der Waals surface area contributed by atoms with Crippen molar-refractivity contribution in [2.45, 2.75) is 39.8 Å². The number of nitrogens with one attached hydrogen (secondary N) is 1. The Hall–Kier alpha value is -0.800. The van der Waals surface area contributed by atoms with Crippen molar-refractivity contribution >= 4 is 26.8 Å². The molecule has 18 heavy (non-hydrogen) atoms. The fourth-order valence-electron chi connectivity index (χ4n) is 2.38. The second-order valence-corrected chi connectivity index (χ2v) is 5.82. The largest absolute Gasteiger partial charge is 0.345 e. The molecule has 0 amide bonds. The van der Waals surface area contributed by atoms with Crippen molar-refractivity contribution in [3.63, 3.8) is 0 Å². The Kier molecular flexibility index (Phi) is 4.13. The van der Waals surface area contributed by atoms with Crippen LogP contribution in [0.15, 0.2) is 22.7 Å².